The number of hydrogen-bond donors (Lipinski definition) is 1. The maximum atomic E-state index is 13.1. The summed E-state index contributed by atoms with van der Waals surface area (Å²) in [6.07, 6.45) is 3.12. The summed E-state index contributed by atoms with van der Waals surface area (Å²) < 4.78 is 13.1. The first kappa shape index (κ1) is 14.7. The molecule has 0 bridgehead atoms. The largest absolute Gasteiger partial charge is 0.310 e. The molecule has 0 aromatic heterocycles. The summed E-state index contributed by atoms with van der Waals surface area (Å²) in [6, 6.07) is 17.7. The molecule has 2 aromatic rings. The van der Waals surface area contributed by atoms with Crippen LogP contribution in [0.15, 0.2) is 54.6 Å². The Morgan fingerprint density at radius 2 is 1.85 bits per heavy atom. The Morgan fingerprint density at radius 1 is 1.05 bits per heavy atom. The number of nitrogens with one attached hydrogen (secondary N) is 1. The van der Waals surface area contributed by atoms with Gasteiger partial charge in [0, 0.05) is 6.04 Å². The van der Waals surface area contributed by atoms with Crippen molar-refractivity contribution in [2.75, 3.05) is 6.54 Å². The molecular weight excluding hydrogens is 249 g/mol. The first-order valence-corrected chi connectivity index (χ1v) is 7.32. The van der Waals surface area contributed by atoms with E-state index in [1.807, 2.05) is 12.1 Å². The molecule has 106 valence electrons. The van der Waals surface area contributed by atoms with E-state index in [0.717, 1.165) is 31.4 Å². The third-order valence-corrected chi connectivity index (χ3v) is 3.47. The third-order valence-electron chi connectivity index (χ3n) is 3.47. The second kappa shape index (κ2) is 7.81. The van der Waals surface area contributed by atoms with E-state index in [9.17, 15) is 4.39 Å². The summed E-state index contributed by atoms with van der Waals surface area (Å²) in [6.45, 7) is 3.06. The predicted octanol–water partition coefficient (Wildman–Crippen LogP) is 4.50. The van der Waals surface area contributed by atoms with Gasteiger partial charge in [-0.1, -0.05) is 55.8 Å². The van der Waals surface area contributed by atoms with Crippen molar-refractivity contribution in [3.8, 4) is 0 Å². The monoisotopic (exact) mass is 271 g/mol. The Balaban J connectivity index is 1.90. The summed E-state index contributed by atoms with van der Waals surface area (Å²) in [4.78, 5) is 0. The van der Waals surface area contributed by atoms with Crippen molar-refractivity contribution in [2.45, 2.75) is 32.2 Å². The van der Waals surface area contributed by atoms with Crippen molar-refractivity contribution < 1.29 is 4.39 Å². The second-order valence-electron chi connectivity index (χ2n) is 5.09. The van der Waals surface area contributed by atoms with Crippen LogP contribution in [0.1, 0.15) is 36.9 Å². The molecular formula is C18H22FN. The topological polar surface area (TPSA) is 12.0 Å². The zero-order valence-electron chi connectivity index (χ0n) is 12.0. The molecule has 0 spiro atoms. The molecule has 0 saturated heterocycles. The standard InChI is InChI=1S/C18H22FN/c1-2-7-18(16-9-4-3-5-10-16)20-13-12-15-8-6-11-17(19)14-15/h3-6,8-11,14,18,20H,2,7,12-13H2,1H3. The average molecular weight is 271 g/mol. The van der Waals surface area contributed by atoms with Crippen LogP contribution in [0.4, 0.5) is 4.39 Å². The van der Waals surface area contributed by atoms with Gasteiger partial charge in [0.15, 0.2) is 0 Å². The Kier molecular flexibility index (Phi) is 5.75. The van der Waals surface area contributed by atoms with Gasteiger partial charge < -0.3 is 5.32 Å². The molecule has 2 aromatic carbocycles. The van der Waals surface area contributed by atoms with Gasteiger partial charge in [-0.25, -0.2) is 4.39 Å². The summed E-state index contributed by atoms with van der Waals surface area (Å²) in [5.41, 5.74) is 2.37. The number of benzene rings is 2. The molecule has 0 heterocycles. The molecule has 1 unspecified atom stereocenters. The highest BCUT2D eigenvalue weighted by molar-refractivity contribution is 5.19. The number of hydrogen-bond acceptors (Lipinski definition) is 1. The first-order chi connectivity index (χ1) is 9.79. The predicted molar refractivity (Wildman–Crippen MR) is 82.2 cm³/mol. The third kappa shape index (κ3) is 4.46. The molecule has 0 aliphatic carbocycles. The van der Waals surface area contributed by atoms with Crippen LogP contribution in [0, 0.1) is 5.82 Å². The first-order valence-electron chi connectivity index (χ1n) is 7.32. The lowest BCUT2D eigenvalue weighted by molar-refractivity contribution is 0.497. The molecule has 20 heavy (non-hydrogen) atoms. The van der Waals surface area contributed by atoms with Crippen molar-refractivity contribution in [2.24, 2.45) is 0 Å². The molecule has 1 atom stereocenters. The highest BCUT2D eigenvalue weighted by Gasteiger charge is 2.08. The SMILES string of the molecule is CCCC(NCCc1cccc(F)c1)c1ccccc1. The lowest BCUT2D eigenvalue weighted by Gasteiger charge is -2.18. The van der Waals surface area contributed by atoms with Crippen LogP contribution in [0.2, 0.25) is 0 Å². The van der Waals surface area contributed by atoms with E-state index in [2.05, 4.69) is 36.5 Å². The molecule has 0 amide bonds. The normalized spacial score (nSPS) is 12.3. The average Bonchev–Trinajstić information content (AvgIpc) is 2.47. The minimum Gasteiger partial charge on any atom is -0.310 e. The molecule has 0 saturated carbocycles. The fraction of sp³-hybridized carbons (Fsp3) is 0.333. The zero-order valence-corrected chi connectivity index (χ0v) is 12.0. The minimum absolute atomic E-state index is 0.157. The molecule has 2 rings (SSSR count). The van der Waals surface area contributed by atoms with Crippen LogP contribution in [-0.2, 0) is 6.42 Å². The van der Waals surface area contributed by atoms with Crippen molar-refractivity contribution in [3.05, 3.63) is 71.5 Å². The number of halogens is 1. The van der Waals surface area contributed by atoms with Crippen LogP contribution < -0.4 is 5.32 Å². The molecule has 1 nitrogen and oxygen atoms in total. The van der Waals surface area contributed by atoms with Crippen molar-refractivity contribution in [1.29, 1.82) is 0 Å². The van der Waals surface area contributed by atoms with Gasteiger partial charge in [-0.3, -0.25) is 0 Å². The van der Waals surface area contributed by atoms with E-state index < -0.39 is 0 Å². The smallest absolute Gasteiger partial charge is 0.123 e. The maximum Gasteiger partial charge on any atom is 0.123 e. The highest BCUT2D eigenvalue weighted by Crippen LogP contribution is 2.18. The van der Waals surface area contributed by atoms with E-state index >= 15 is 0 Å². The fourth-order valence-electron chi connectivity index (χ4n) is 2.44. The summed E-state index contributed by atoms with van der Waals surface area (Å²) in [5.74, 6) is -0.157. The maximum absolute atomic E-state index is 13.1. The van der Waals surface area contributed by atoms with Crippen LogP contribution >= 0.6 is 0 Å². The molecule has 0 radical (unpaired) electrons. The van der Waals surface area contributed by atoms with Gasteiger partial charge in [0.1, 0.15) is 5.82 Å². The Hall–Kier alpha value is -1.67. The molecule has 2 heteroatoms. The lowest BCUT2D eigenvalue weighted by atomic mass is 10.0. The van der Waals surface area contributed by atoms with E-state index in [0.29, 0.717) is 6.04 Å². The van der Waals surface area contributed by atoms with Crippen LogP contribution in [0.3, 0.4) is 0 Å². The Bertz CT molecular complexity index is 510. The van der Waals surface area contributed by atoms with E-state index in [1.54, 1.807) is 12.1 Å². The van der Waals surface area contributed by atoms with Gasteiger partial charge in [-0.2, -0.15) is 0 Å². The van der Waals surface area contributed by atoms with Crippen LogP contribution in [0.25, 0.3) is 0 Å². The van der Waals surface area contributed by atoms with Gasteiger partial charge in [0.25, 0.3) is 0 Å². The van der Waals surface area contributed by atoms with Crippen molar-refractivity contribution in [1.82, 2.24) is 5.32 Å². The van der Waals surface area contributed by atoms with Gasteiger partial charge >= 0.3 is 0 Å². The van der Waals surface area contributed by atoms with E-state index in [1.165, 1.54) is 11.6 Å². The van der Waals surface area contributed by atoms with Gasteiger partial charge in [0.2, 0.25) is 0 Å². The summed E-state index contributed by atoms with van der Waals surface area (Å²) in [7, 11) is 0. The molecule has 0 aliphatic rings. The second-order valence-corrected chi connectivity index (χ2v) is 5.09. The van der Waals surface area contributed by atoms with Crippen LogP contribution in [-0.4, -0.2) is 6.54 Å². The van der Waals surface area contributed by atoms with Crippen molar-refractivity contribution in [3.63, 3.8) is 0 Å². The summed E-state index contributed by atoms with van der Waals surface area (Å²) in [5, 5.41) is 3.58. The highest BCUT2D eigenvalue weighted by atomic mass is 19.1. The van der Waals surface area contributed by atoms with Gasteiger partial charge in [0.05, 0.1) is 0 Å². The van der Waals surface area contributed by atoms with Gasteiger partial charge in [-0.15, -0.1) is 0 Å². The zero-order chi connectivity index (χ0) is 14.2. The van der Waals surface area contributed by atoms with Crippen molar-refractivity contribution >= 4 is 0 Å². The molecule has 0 aliphatic heterocycles. The summed E-state index contributed by atoms with van der Waals surface area (Å²) >= 11 is 0. The minimum atomic E-state index is -0.157. The van der Waals surface area contributed by atoms with Gasteiger partial charge in [-0.05, 0) is 42.6 Å². The quantitative estimate of drug-likeness (QED) is 0.782. The Morgan fingerprint density at radius 3 is 2.55 bits per heavy atom. The fourth-order valence-corrected chi connectivity index (χ4v) is 2.44. The van der Waals surface area contributed by atoms with E-state index in [4.69, 9.17) is 0 Å². The van der Waals surface area contributed by atoms with Crippen LogP contribution in [0.5, 0.6) is 0 Å². The lowest BCUT2D eigenvalue weighted by Crippen LogP contribution is -2.23. The molecule has 0 fully saturated rings. The molecule has 1 N–H and O–H groups in total. The Labute approximate surface area is 120 Å². The number of rotatable bonds is 7. The van der Waals surface area contributed by atoms with E-state index in [-0.39, 0.29) is 5.82 Å².